The Hall–Kier alpha value is -1.60. The molecular formula is C14H19FN2O. The summed E-state index contributed by atoms with van der Waals surface area (Å²) in [6, 6.07) is 6.71. The SMILES string of the molecule is CNC(C)(C#N)CCCOc1cc(F)ccc1C. The highest BCUT2D eigenvalue weighted by molar-refractivity contribution is 5.32. The van der Waals surface area contributed by atoms with Crippen molar-refractivity contribution < 1.29 is 9.13 Å². The van der Waals surface area contributed by atoms with Gasteiger partial charge in [-0.1, -0.05) is 6.07 Å². The number of benzene rings is 1. The van der Waals surface area contributed by atoms with Crippen LogP contribution in [0, 0.1) is 24.1 Å². The minimum Gasteiger partial charge on any atom is -0.493 e. The molecule has 0 aliphatic carbocycles. The first kappa shape index (κ1) is 14.5. The molecule has 1 aromatic rings. The van der Waals surface area contributed by atoms with E-state index in [1.807, 2.05) is 13.8 Å². The fraction of sp³-hybridized carbons (Fsp3) is 0.500. The highest BCUT2D eigenvalue weighted by atomic mass is 19.1. The molecule has 3 nitrogen and oxygen atoms in total. The Morgan fingerprint density at radius 1 is 1.50 bits per heavy atom. The van der Waals surface area contributed by atoms with Gasteiger partial charge in [0.15, 0.2) is 0 Å². The van der Waals surface area contributed by atoms with Crippen LogP contribution < -0.4 is 10.1 Å². The van der Waals surface area contributed by atoms with Crippen LogP contribution in [0.15, 0.2) is 18.2 Å². The van der Waals surface area contributed by atoms with Crippen LogP contribution >= 0.6 is 0 Å². The van der Waals surface area contributed by atoms with Crippen LogP contribution in [0.4, 0.5) is 4.39 Å². The lowest BCUT2D eigenvalue weighted by atomic mass is 9.98. The zero-order chi connectivity index (χ0) is 13.6. The van der Waals surface area contributed by atoms with Gasteiger partial charge >= 0.3 is 0 Å². The van der Waals surface area contributed by atoms with E-state index >= 15 is 0 Å². The summed E-state index contributed by atoms with van der Waals surface area (Å²) in [5, 5.41) is 11.9. The van der Waals surface area contributed by atoms with Gasteiger partial charge in [0, 0.05) is 6.07 Å². The van der Waals surface area contributed by atoms with Crippen molar-refractivity contribution in [3.63, 3.8) is 0 Å². The first-order valence-corrected chi connectivity index (χ1v) is 6.00. The second-order valence-electron chi connectivity index (χ2n) is 4.56. The molecule has 0 amide bonds. The Morgan fingerprint density at radius 2 is 2.22 bits per heavy atom. The molecule has 0 aliphatic rings. The summed E-state index contributed by atoms with van der Waals surface area (Å²) in [4.78, 5) is 0. The molecule has 1 N–H and O–H groups in total. The molecule has 0 spiro atoms. The molecule has 0 fully saturated rings. The number of nitrogens with zero attached hydrogens (tertiary/aromatic N) is 1. The third-order valence-corrected chi connectivity index (χ3v) is 3.03. The quantitative estimate of drug-likeness (QED) is 0.790. The van der Waals surface area contributed by atoms with Gasteiger partial charge in [-0.2, -0.15) is 5.26 Å². The molecule has 4 heteroatoms. The van der Waals surface area contributed by atoms with E-state index in [-0.39, 0.29) is 5.82 Å². The summed E-state index contributed by atoms with van der Waals surface area (Å²) in [7, 11) is 1.76. The minimum absolute atomic E-state index is 0.298. The molecule has 1 unspecified atom stereocenters. The van der Waals surface area contributed by atoms with Gasteiger partial charge in [-0.05, 0) is 45.4 Å². The summed E-state index contributed by atoms with van der Waals surface area (Å²) in [6.45, 7) is 4.20. The summed E-state index contributed by atoms with van der Waals surface area (Å²) >= 11 is 0. The molecule has 18 heavy (non-hydrogen) atoms. The predicted molar refractivity (Wildman–Crippen MR) is 68.9 cm³/mol. The van der Waals surface area contributed by atoms with Gasteiger partial charge in [-0.3, -0.25) is 0 Å². The van der Waals surface area contributed by atoms with Crippen LogP contribution in [0.1, 0.15) is 25.3 Å². The van der Waals surface area contributed by atoms with Gasteiger partial charge in [-0.15, -0.1) is 0 Å². The molecule has 0 saturated heterocycles. The first-order chi connectivity index (χ1) is 8.50. The van der Waals surface area contributed by atoms with Crippen molar-refractivity contribution in [2.24, 2.45) is 0 Å². The molecular weight excluding hydrogens is 231 g/mol. The van der Waals surface area contributed by atoms with Crippen molar-refractivity contribution in [2.75, 3.05) is 13.7 Å². The molecule has 1 rings (SSSR count). The molecule has 0 aromatic heterocycles. The maximum atomic E-state index is 13.0. The maximum Gasteiger partial charge on any atom is 0.126 e. The molecule has 1 atom stereocenters. The largest absolute Gasteiger partial charge is 0.493 e. The topological polar surface area (TPSA) is 45.0 Å². The number of halogens is 1. The lowest BCUT2D eigenvalue weighted by Gasteiger charge is -2.20. The summed E-state index contributed by atoms with van der Waals surface area (Å²) in [6.07, 6.45) is 1.43. The van der Waals surface area contributed by atoms with Gasteiger partial charge in [-0.25, -0.2) is 4.39 Å². The van der Waals surface area contributed by atoms with Crippen molar-refractivity contribution in [3.05, 3.63) is 29.6 Å². The van der Waals surface area contributed by atoms with Crippen LogP contribution in [0.25, 0.3) is 0 Å². The van der Waals surface area contributed by atoms with Gasteiger partial charge in [0.1, 0.15) is 17.1 Å². The van der Waals surface area contributed by atoms with E-state index in [1.165, 1.54) is 12.1 Å². The summed E-state index contributed by atoms with van der Waals surface area (Å²) in [5.41, 5.74) is 0.383. The Balaban J connectivity index is 2.43. The van der Waals surface area contributed by atoms with E-state index in [4.69, 9.17) is 10.00 Å². The molecule has 0 aliphatic heterocycles. The van der Waals surface area contributed by atoms with E-state index in [0.29, 0.717) is 18.8 Å². The minimum atomic E-state index is -0.527. The van der Waals surface area contributed by atoms with Crippen LogP contribution in [-0.4, -0.2) is 19.2 Å². The monoisotopic (exact) mass is 250 g/mol. The Bertz CT molecular complexity index is 442. The Morgan fingerprint density at radius 3 is 2.83 bits per heavy atom. The van der Waals surface area contributed by atoms with Gasteiger partial charge in [0.25, 0.3) is 0 Å². The van der Waals surface area contributed by atoms with Crippen molar-refractivity contribution in [1.29, 1.82) is 5.26 Å². The van der Waals surface area contributed by atoms with Gasteiger partial charge < -0.3 is 10.1 Å². The predicted octanol–water partition coefficient (Wildman–Crippen LogP) is 2.79. The summed E-state index contributed by atoms with van der Waals surface area (Å²) < 4.78 is 18.5. The van der Waals surface area contributed by atoms with Crippen molar-refractivity contribution in [3.8, 4) is 11.8 Å². The fourth-order valence-electron chi connectivity index (χ4n) is 1.57. The number of nitrogens with one attached hydrogen (secondary N) is 1. The molecule has 1 aromatic carbocycles. The zero-order valence-electron chi connectivity index (χ0n) is 11.1. The van der Waals surface area contributed by atoms with Crippen LogP contribution in [0.2, 0.25) is 0 Å². The summed E-state index contributed by atoms with van der Waals surface area (Å²) in [5.74, 6) is 0.269. The number of hydrogen-bond donors (Lipinski definition) is 1. The second-order valence-corrected chi connectivity index (χ2v) is 4.56. The molecule has 0 bridgehead atoms. The standard InChI is InChI=1S/C14H19FN2O/c1-11-5-6-12(15)9-13(11)18-8-4-7-14(2,10-16)17-3/h5-6,9,17H,4,7-8H2,1-3H3. The Kier molecular flexibility index (Phi) is 5.11. The van der Waals surface area contributed by atoms with E-state index in [2.05, 4.69) is 11.4 Å². The molecule has 0 radical (unpaired) electrons. The number of hydrogen-bond acceptors (Lipinski definition) is 3. The second kappa shape index (κ2) is 6.36. The van der Waals surface area contributed by atoms with E-state index in [0.717, 1.165) is 12.0 Å². The average molecular weight is 250 g/mol. The van der Waals surface area contributed by atoms with E-state index < -0.39 is 5.54 Å². The zero-order valence-corrected chi connectivity index (χ0v) is 11.1. The molecule has 98 valence electrons. The average Bonchev–Trinajstić information content (AvgIpc) is 2.38. The smallest absolute Gasteiger partial charge is 0.126 e. The third-order valence-electron chi connectivity index (χ3n) is 3.03. The third kappa shape index (κ3) is 4.01. The van der Waals surface area contributed by atoms with E-state index in [9.17, 15) is 4.39 Å². The van der Waals surface area contributed by atoms with Crippen molar-refractivity contribution in [1.82, 2.24) is 5.32 Å². The van der Waals surface area contributed by atoms with Gasteiger partial charge in [0.2, 0.25) is 0 Å². The molecule has 0 heterocycles. The highest BCUT2D eigenvalue weighted by Crippen LogP contribution is 2.19. The van der Waals surface area contributed by atoms with Crippen molar-refractivity contribution >= 4 is 0 Å². The number of nitriles is 1. The molecule has 0 saturated carbocycles. The highest BCUT2D eigenvalue weighted by Gasteiger charge is 2.20. The van der Waals surface area contributed by atoms with Crippen LogP contribution in [0.3, 0.4) is 0 Å². The van der Waals surface area contributed by atoms with Crippen molar-refractivity contribution in [2.45, 2.75) is 32.2 Å². The lowest BCUT2D eigenvalue weighted by molar-refractivity contribution is 0.286. The first-order valence-electron chi connectivity index (χ1n) is 6.00. The fourth-order valence-corrected chi connectivity index (χ4v) is 1.57. The number of ether oxygens (including phenoxy) is 1. The Labute approximate surface area is 108 Å². The normalized spacial score (nSPS) is 13.7. The number of rotatable bonds is 6. The lowest BCUT2D eigenvalue weighted by Crippen LogP contribution is -2.38. The van der Waals surface area contributed by atoms with Crippen LogP contribution in [-0.2, 0) is 0 Å². The maximum absolute atomic E-state index is 13.0. The number of aryl methyl sites for hydroxylation is 1. The van der Waals surface area contributed by atoms with Crippen LogP contribution in [0.5, 0.6) is 5.75 Å². The van der Waals surface area contributed by atoms with Gasteiger partial charge in [0.05, 0.1) is 12.7 Å². The van der Waals surface area contributed by atoms with E-state index in [1.54, 1.807) is 13.1 Å².